The molecule has 0 bridgehead atoms. The van der Waals surface area contributed by atoms with Crippen molar-refractivity contribution >= 4 is 11.4 Å². The van der Waals surface area contributed by atoms with Crippen molar-refractivity contribution in [1.29, 1.82) is 5.26 Å². The zero-order chi connectivity index (χ0) is 15.8. The molecule has 0 unspecified atom stereocenters. The number of rotatable bonds is 2. The van der Waals surface area contributed by atoms with E-state index in [0.717, 1.165) is 0 Å². The van der Waals surface area contributed by atoms with Gasteiger partial charge in [-0.15, -0.1) is 0 Å². The summed E-state index contributed by atoms with van der Waals surface area (Å²) in [5.74, 6) is 0. The molecule has 21 heavy (non-hydrogen) atoms. The van der Waals surface area contributed by atoms with Crippen LogP contribution in [0.5, 0.6) is 0 Å². The summed E-state index contributed by atoms with van der Waals surface area (Å²) in [4.78, 5) is 22.0. The van der Waals surface area contributed by atoms with Gasteiger partial charge in [0.25, 0.3) is 5.56 Å². The molecule has 0 spiro atoms. The van der Waals surface area contributed by atoms with Crippen molar-refractivity contribution in [3.05, 3.63) is 57.8 Å². The van der Waals surface area contributed by atoms with Gasteiger partial charge in [-0.2, -0.15) is 5.26 Å². The van der Waals surface area contributed by atoms with E-state index in [4.69, 9.17) is 11.0 Å². The molecule has 2 rings (SSSR count). The zero-order valence-corrected chi connectivity index (χ0v) is 12.2. The van der Waals surface area contributed by atoms with E-state index in [9.17, 15) is 4.79 Å². The fraction of sp³-hybridized carbons (Fsp3) is 0.200. The van der Waals surface area contributed by atoms with Crippen LogP contribution in [0.1, 0.15) is 30.7 Å². The molecule has 108 valence electrons. The Morgan fingerprint density at radius 1 is 1.43 bits per heavy atom. The Bertz CT molecular complexity index is 740. The SMILES string of the molecule is CC.CN=C(c1cccc(C#N)c1)c1nc[nH]c(=O)c1N. The first-order valence-electron chi connectivity index (χ1n) is 6.48. The lowest BCUT2D eigenvalue weighted by atomic mass is 10.0. The Balaban J connectivity index is 0.00000106. The fourth-order valence-electron chi connectivity index (χ4n) is 1.71. The summed E-state index contributed by atoms with van der Waals surface area (Å²) in [6.45, 7) is 4.00. The average Bonchev–Trinajstić information content (AvgIpc) is 2.54. The number of H-pyrrole nitrogens is 1. The molecule has 0 fully saturated rings. The number of nitriles is 1. The maximum absolute atomic E-state index is 11.5. The fourth-order valence-corrected chi connectivity index (χ4v) is 1.71. The summed E-state index contributed by atoms with van der Waals surface area (Å²) in [5.41, 5.74) is 7.27. The number of nitrogens with zero attached hydrogens (tertiary/aromatic N) is 3. The number of nitrogens with two attached hydrogens (primary N) is 1. The summed E-state index contributed by atoms with van der Waals surface area (Å²) in [6, 6.07) is 8.93. The van der Waals surface area contributed by atoms with E-state index in [1.54, 1.807) is 31.3 Å². The molecule has 0 aliphatic heterocycles. The van der Waals surface area contributed by atoms with Gasteiger partial charge in [0.15, 0.2) is 0 Å². The number of benzene rings is 1. The van der Waals surface area contributed by atoms with E-state index in [-0.39, 0.29) is 5.69 Å². The smallest absolute Gasteiger partial charge is 0.274 e. The monoisotopic (exact) mass is 283 g/mol. The van der Waals surface area contributed by atoms with Gasteiger partial charge < -0.3 is 10.7 Å². The van der Waals surface area contributed by atoms with Gasteiger partial charge in [-0.05, 0) is 12.1 Å². The number of aromatic nitrogens is 2. The van der Waals surface area contributed by atoms with E-state index >= 15 is 0 Å². The molecule has 3 N–H and O–H groups in total. The molecule has 1 aromatic heterocycles. The Labute approximate surface area is 123 Å². The van der Waals surface area contributed by atoms with Gasteiger partial charge in [-0.25, -0.2) is 4.98 Å². The topological polar surface area (TPSA) is 108 Å². The highest BCUT2D eigenvalue weighted by atomic mass is 16.1. The molecule has 6 heteroatoms. The van der Waals surface area contributed by atoms with Crippen molar-refractivity contribution in [2.75, 3.05) is 12.8 Å². The van der Waals surface area contributed by atoms with Gasteiger partial charge in [0.05, 0.1) is 23.7 Å². The predicted molar refractivity (Wildman–Crippen MR) is 83.3 cm³/mol. The van der Waals surface area contributed by atoms with E-state index in [1.165, 1.54) is 6.33 Å². The highest BCUT2D eigenvalue weighted by Crippen LogP contribution is 2.13. The second-order valence-corrected chi connectivity index (χ2v) is 3.76. The number of anilines is 1. The van der Waals surface area contributed by atoms with Crippen LogP contribution in [-0.2, 0) is 0 Å². The lowest BCUT2D eigenvalue weighted by molar-refractivity contribution is 1.11. The predicted octanol–water partition coefficient (Wildman–Crippen LogP) is 1.72. The average molecular weight is 283 g/mol. The van der Waals surface area contributed by atoms with E-state index in [0.29, 0.717) is 22.5 Å². The molecule has 0 aliphatic carbocycles. The van der Waals surface area contributed by atoms with Crippen molar-refractivity contribution in [3.8, 4) is 6.07 Å². The first-order valence-corrected chi connectivity index (χ1v) is 6.48. The van der Waals surface area contributed by atoms with Crippen LogP contribution in [0.25, 0.3) is 0 Å². The maximum Gasteiger partial charge on any atom is 0.274 e. The number of aliphatic imine (C=N–C) groups is 1. The van der Waals surface area contributed by atoms with Crippen LogP contribution in [0, 0.1) is 11.3 Å². The van der Waals surface area contributed by atoms with Crippen LogP contribution in [-0.4, -0.2) is 22.7 Å². The Morgan fingerprint density at radius 2 is 2.14 bits per heavy atom. The van der Waals surface area contributed by atoms with Crippen molar-refractivity contribution < 1.29 is 0 Å². The van der Waals surface area contributed by atoms with Crippen LogP contribution in [0.2, 0.25) is 0 Å². The summed E-state index contributed by atoms with van der Waals surface area (Å²) < 4.78 is 0. The molecule has 1 aromatic carbocycles. The minimum absolute atomic E-state index is 0.00506. The first kappa shape index (κ1) is 16.1. The Kier molecular flexibility index (Phi) is 5.83. The molecule has 0 saturated carbocycles. The number of nitrogen functional groups attached to an aromatic ring is 1. The van der Waals surface area contributed by atoms with Gasteiger partial charge in [0, 0.05) is 12.6 Å². The lowest BCUT2D eigenvalue weighted by Crippen LogP contribution is -2.19. The zero-order valence-electron chi connectivity index (χ0n) is 12.2. The van der Waals surface area contributed by atoms with Gasteiger partial charge in [0.2, 0.25) is 0 Å². The maximum atomic E-state index is 11.5. The standard InChI is InChI=1S/C13H11N5O.C2H6/c1-16-11(9-4-2-3-8(5-9)6-14)12-10(15)13(19)18-7-17-12;1-2/h2-5,7H,15H2,1H3,(H,17,18,19);1-2H3. The third-order valence-electron chi connectivity index (χ3n) is 2.60. The third kappa shape index (κ3) is 3.54. The Morgan fingerprint density at radius 3 is 2.76 bits per heavy atom. The van der Waals surface area contributed by atoms with Crippen LogP contribution in [0.15, 0.2) is 40.4 Å². The van der Waals surface area contributed by atoms with Crippen LogP contribution >= 0.6 is 0 Å². The summed E-state index contributed by atoms with van der Waals surface area (Å²) in [6.07, 6.45) is 1.27. The summed E-state index contributed by atoms with van der Waals surface area (Å²) in [7, 11) is 1.58. The van der Waals surface area contributed by atoms with Gasteiger partial charge in [-0.1, -0.05) is 26.0 Å². The number of hydrogen-bond acceptors (Lipinski definition) is 5. The molecule has 0 saturated heterocycles. The number of hydrogen-bond donors (Lipinski definition) is 2. The van der Waals surface area contributed by atoms with Gasteiger partial charge >= 0.3 is 0 Å². The van der Waals surface area contributed by atoms with Gasteiger partial charge in [0.1, 0.15) is 11.4 Å². The molecule has 0 amide bonds. The summed E-state index contributed by atoms with van der Waals surface area (Å²) >= 11 is 0. The summed E-state index contributed by atoms with van der Waals surface area (Å²) in [5, 5.41) is 8.90. The van der Waals surface area contributed by atoms with Crippen LogP contribution in [0.4, 0.5) is 5.69 Å². The largest absolute Gasteiger partial charge is 0.392 e. The quantitative estimate of drug-likeness (QED) is 0.818. The molecule has 2 aromatic rings. The molecule has 0 atom stereocenters. The molecular formula is C15H17N5O. The first-order chi connectivity index (χ1) is 10.2. The van der Waals surface area contributed by atoms with Crippen molar-refractivity contribution in [2.45, 2.75) is 13.8 Å². The number of nitrogens with one attached hydrogen (secondary N) is 1. The molecule has 1 heterocycles. The van der Waals surface area contributed by atoms with Crippen LogP contribution < -0.4 is 11.3 Å². The highest BCUT2D eigenvalue weighted by Gasteiger charge is 2.13. The highest BCUT2D eigenvalue weighted by molar-refractivity contribution is 6.14. The molecular weight excluding hydrogens is 266 g/mol. The van der Waals surface area contributed by atoms with E-state index < -0.39 is 5.56 Å². The normalized spacial score (nSPS) is 10.3. The molecule has 0 radical (unpaired) electrons. The Hall–Kier alpha value is -2.94. The minimum Gasteiger partial charge on any atom is -0.392 e. The molecule has 6 nitrogen and oxygen atoms in total. The third-order valence-corrected chi connectivity index (χ3v) is 2.60. The van der Waals surface area contributed by atoms with Gasteiger partial charge in [-0.3, -0.25) is 9.79 Å². The second-order valence-electron chi connectivity index (χ2n) is 3.76. The van der Waals surface area contributed by atoms with E-state index in [1.807, 2.05) is 19.9 Å². The lowest BCUT2D eigenvalue weighted by Gasteiger charge is -2.07. The minimum atomic E-state index is -0.414. The van der Waals surface area contributed by atoms with Crippen molar-refractivity contribution in [1.82, 2.24) is 9.97 Å². The van der Waals surface area contributed by atoms with E-state index in [2.05, 4.69) is 15.0 Å². The van der Waals surface area contributed by atoms with Crippen LogP contribution in [0.3, 0.4) is 0 Å². The van der Waals surface area contributed by atoms with Crippen molar-refractivity contribution in [3.63, 3.8) is 0 Å². The molecule has 0 aliphatic rings. The number of aromatic amines is 1. The second kappa shape index (κ2) is 7.60. The van der Waals surface area contributed by atoms with Crippen molar-refractivity contribution in [2.24, 2.45) is 4.99 Å².